The van der Waals surface area contributed by atoms with Crippen molar-refractivity contribution in [3.05, 3.63) is 47.3 Å². The highest BCUT2D eigenvalue weighted by Crippen LogP contribution is 2.35. The fraction of sp³-hybridized carbons (Fsp3) is 0.500. The van der Waals surface area contributed by atoms with E-state index < -0.39 is 0 Å². The van der Waals surface area contributed by atoms with E-state index in [1.165, 1.54) is 5.56 Å². The van der Waals surface area contributed by atoms with Crippen LogP contribution in [0.4, 0.5) is 5.95 Å². The van der Waals surface area contributed by atoms with Gasteiger partial charge in [0.2, 0.25) is 11.9 Å². The van der Waals surface area contributed by atoms with E-state index in [-0.39, 0.29) is 11.3 Å². The summed E-state index contributed by atoms with van der Waals surface area (Å²) in [4.78, 5) is 21.1. The van der Waals surface area contributed by atoms with Gasteiger partial charge in [0, 0.05) is 49.5 Å². The molecular weight excluding hydrogens is 368 g/mol. The Morgan fingerprint density at radius 1 is 1.14 bits per heavy atom. The van der Waals surface area contributed by atoms with Crippen LogP contribution in [0.1, 0.15) is 36.2 Å². The van der Waals surface area contributed by atoms with Crippen LogP contribution in [-0.2, 0) is 14.9 Å². The smallest absolute Gasteiger partial charge is 0.223 e. The maximum Gasteiger partial charge on any atom is 0.223 e. The van der Waals surface area contributed by atoms with Crippen LogP contribution in [0.15, 0.2) is 30.3 Å². The zero-order chi connectivity index (χ0) is 20.7. The number of anilines is 1. The van der Waals surface area contributed by atoms with Gasteiger partial charge in [0.25, 0.3) is 0 Å². The molecule has 0 saturated carbocycles. The molecular formula is C22H30N4O3. The molecule has 1 aromatic heterocycles. The number of methoxy groups -OCH3 is 1. The van der Waals surface area contributed by atoms with E-state index in [9.17, 15) is 4.79 Å². The Morgan fingerprint density at radius 3 is 2.41 bits per heavy atom. The molecule has 1 fully saturated rings. The van der Waals surface area contributed by atoms with Crippen LogP contribution >= 0.6 is 0 Å². The molecule has 0 bridgehead atoms. The number of hydrogen-bond donors (Lipinski definition) is 2. The summed E-state index contributed by atoms with van der Waals surface area (Å²) in [7, 11) is 1.66. The van der Waals surface area contributed by atoms with Crippen molar-refractivity contribution in [3.8, 4) is 5.75 Å². The first-order valence-corrected chi connectivity index (χ1v) is 10.1. The van der Waals surface area contributed by atoms with E-state index in [0.717, 1.165) is 30.0 Å². The van der Waals surface area contributed by atoms with Crippen molar-refractivity contribution in [2.75, 3.05) is 38.7 Å². The molecule has 2 aromatic rings. The summed E-state index contributed by atoms with van der Waals surface area (Å²) in [5, 5.41) is 6.25. The highest BCUT2D eigenvalue weighted by Gasteiger charge is 2.34. The lowest BCUT2D eigenvalue weighted by molar-refractivity contribution is -0.121. The molecule has 2 N–H and O–H groups in total. The van der Waals surface area contributed by atoms with E-state index in [1.807, 2.05) is 32.0 Å². The molecule has 1 amide bonds. The van der Waals surface area contributed by atoms with Gasteiger partial charge in [-0.1, -0.05) is 12.1 Å². The quantitative estimate of drug-likeness (QED) is 0.711. The van der Waals surface area contributed by atoms with Crippen molar-refractivity contribution in [1.29, 1.82) is 0 Å². The SMILES string of the molecule is COc1ccc(C2(CNC(=O)CCNc3nc(C)cc(C)n3)CCOCC2)cc1. The van der Waals surface area contributed by atoms with Crippen molar-refractivity contribution in [1.82, 2.24) is 15.3 Å². The Labute approximate surface area is 172 Å². The summed E-state index contributed by atoms with van der Waals surface area (Å²) >= 11 is 0. The zero-order valence-electron chi connectivity index (χ0n) is 17.5. The Balaban J connectivity index is 1.55. The van der Waals surface area contributed by atoms with Gasteiger partial charge in [0.05, 0.1) is 7.11 Å². The van der Waals surface area contributed by atoms with E-state index in [1.54, 1.807) is 7.11 Å². The average molecular weight is 399 g/mol. The summed E-state index contributed by atoms with van der Waals surface area (Å²) in [5.41, 5.74) is 2.92. The minimum absolute atomic E-state index is 0.0150. The molecule has 0 aliphatic carbocycles. The maximum absolute atomic E-state index is 12.4. The third-order valence-electron chi connectivity index (χ3n) is 5.39. The standard InChI is InChI=1S/C22H30N4O3/c1-16-14-17(2)26-21(25-16)23-11-8-20(27)24-15-22(9-12-29-13-10-22)18-4-6-19(28-3)7-5-18/h4-7,14H,8-13,15H2,1-3H3,(H,24,27)(H,23,25,26). The van der Waals surface area contributed by atoms with Crippen LogP contribution in [0, 0.1) is 13.8 Å². The number of benzene rings is 1. The summed E-state index contributed by atoms with van der Waals surface area (Å²) < 4.78 is 10.8. The third-order valence-corrected chi connectivity index (χ3v) is 5.39. The molecule has 7 nitrogen and oxygen atoms in total. The van der Waals surface area contributed by atoms with E-state index in [2.05, 4.69) is 32.7 Å². The molecule has 156 valence electrons. The van der Waals surface area contributed by atoms with Crippen molar-refractivity contribution >= 4 is 11.9 Å². The van der Waals surface area contributed by atoms with Gasteiger partial charge in [-0.05, 0) is 50.5 Å². The second kappa shape index (κ2) is 9.69. The molecule has 1 aliphatic heterocycles. The number of rotatable bonds is 8. The van der Waals surface area contributed by atoms with E-state index >= 15 is 0 Å². The maximum atomic E-state index is 12.4. The average Bonchev–Trinajstić information content (AvgIpc) is 2.72. The van der Waals surface area contributed by atoms with Gasteiger partial charge in [0.15, 0.2) is 0 Å². The van der Waals surface area contributed by atoms with Gasteiger partial charge in [-0.3, -0.25) is 4.79 Å². The van der Waals surface area contributed by atoms with Crippen molar-refractivity contribution in [2.45, 2.75) is 38.5 Å². The second-order valence-electron chi connectivity index (χ2n) is 7.55. The highest BCUT2D eigenvalue weighted by atomic mass is 16.5. The molecule has 2 heterocycles. The number of aromatic nitrogens is 2. The first kappa shape index (κ1) is 21.0. The van der Waals surface area contributed by atoms with Gasteiger partial charge in [-0.15, -0.1) is 0 Å². The molecule has 1 saturated heterocycles. The van der Waals surface area contributed by atoms with Crippen LogP contribution in [0.2, 0.25) is 0 Å². The summed E-state index contributed by atoms with van der Waals surface area (Å²) in [6.07, 6.45) is 2.13. The highest BCUT2D eigenvalue weighted by molar-refractivity contribution is 5.76. The fourth-order valence-corrected chi connectivity index (χ4v) is 3.72. The molecule has 0 spiro atoms. The summed E-state index contributed by atoms with van der Waals surface area (Å²) in [5.74, 6) is 1.41. The number of carbonyl (C=O) groups excluding carboxylic acids is 1. The first-order chi connectivity index (χ1) is 14.0. The minimum Gasteiger partial charge on any atom is -0.497 e. The molecule has 0 unspecified atom stereocenters. The van der Waals surface area contributed by atoms with Gasteiger partial charge < -0.3 is 20.1 Å². The van der Waals surface area contributed by atoms with Crippen LogP contribution in [0.3, 0.4) is 0 Å². The topological polar surface area (TPSA) is 85.4 Å². The lowest BCUT2D eigenvalue weighted by atomic mass is 9.74. The minimum atomic E-state index is -0.107. The largest absolute Gasteiger partial charge is 0.497 e. The van der Waals surface area contributed by atoms with Crippen LogP contribution in [0.25, 0.3) is 0 Å². The summed E-state index contributed by atoms with van der Waals surface area (Å²) in [6.45, 7) is 6.36. The molecule has 0 radical (unpaired) electrons. The lowest BCUT2D eigenvalue weighted by Gasteiger charge is -2.38. The molecule has 1 aliphatic rings. The molecule has 7 heteroatoms. The molecule has 29 heavy (non-hydrogen) atoms. The number of nitrogens with one attached hydrogen (secondary N) is 2. The molecule has 0 atom stereocenters. The number of aryl methyl sites for hydroxylation is 2. The van der Waals surface area contributed by atoms with Crippen LogP contribution in [0.5, 0.6) is 5.75 Å². The normalized spacial score (nSPS) is 15.6. The molecule has 3 rings (SSSR count). The third kappa shape index (κ3) is 5.67. The monoisotopic (exact) mass is 398 g/mol. The number of hydrogen-bond acceptors (Lipinski definition) is 6. The van der Waals surface area contributed by atoms with Crippen molar-refractivity contribution in [2.24, 2.45) is 0 Å². The zero-order valence-corrected chi connectivity index (χ0v) is 17.5. The number of amides is 1. The van der Waals surface area contributed by atoms with E-state index in [0.29, 0.717) is 38.7 Å². The van der Waals surface area contributed by atoms with E-state index in [4.69, 9.17) is 9.47 Å². The Morgan fingerprint density at radius 2 is 1.79 bits per heavy atom. The van der Waals surface area contributed by atoms with Gasteiger partial charge in [-0.25, -0.2) is 9.97 Å². The summed E-state index contributed by atoms with van der Waals surface area (Å²) in [6, 6.07) is 10.1. The van der Waals surface area contributed by atoms with Gasteiger partial charge in [0.1, 0.15) is 5.75 Å². The predicted molar refractivity (Wildman–Crippen MR) is 112 cm³/mol. The first-order valence-electron chi connectivity index (χ1n) is 10.1. The van der Waals surface area contributed by atoms with Gasteiger partial charge in [-0.2, -0.15) is 0 Å². The van der Waals surface area contributed by atoms with Crippen molar-refractivity contribution in [3.63, 3.8) is 0 Å². The molecule has 1 aromatic carbocycles. The Hall–Kier alpha value is -2.67. The lowest BCUT2D eigenvalue weighted by Crippen LogP contribution is -2.44. The van der Waals surface area contributed by atoms with Crippen LogP contribution < -0.4 is 15.4 Å². The Bertz CT molecular complexity index is 797. The van der Waals surface area contributed by atoms with Crippen molar-refractivity contribution < 1.29 is 14.3 Å². The number of carbonyl (C=O) groups is 1. The fourth-order valence-electron chi connectivity index (χ4n) is 3.72. The predicted octanol–water partition coefficient (Wildman–Crippen LogP) is 2.77. The number of ether oxygens (including phenoxy) is 2. The number of nitrogens with zero attached hydrogens (tertiary/aromatic N) is 2. The van der Waals surface area contributed by atoms with Crippen LogP contribution in [-0.4, -0.2) is 49.3 Å². The second-order valence-corrected chi connectivity index (χ2v) is 7.55. The van der Waals surface area contributed by atoms with Gasteiger partial charge >= 0.3 is 0 Å². The Kier molecular flexibility index (Phi) is 7.04.